The number of halogens is 2. The Kier molecular flexibility index (Phi) is 2.89. The van der Waals surface area contributed by atoms with Crippen molar-refractivity contribution < 1.29 is 8.78 Å². The maximum atomic E-state index is 13.5. The lowest BCUT2D eigenvalue weighted by Crippen LogP contribution is -2.24. The molecule has 0 N–H and O–H groups in total. The Morgan fingerprint density at radius 2 is 1.89 bits per heavy atom. The van der Waals surface area contributed by atoms with Crippen molar-refractivity contribution in [2.24, 2.45) is 0 Å². The molecule has 98 valence electrons. The van der Waals surface area contributed by atoms with Gasteiger partial charge in [-0.05, 0) is 31.0 Å². The van der Waals surface area contributed by atoms with Crippen LogP contribution in [0.3, 0.4) is 0 Å². The van der Waals surface area contributed by atoms with E-state index in [4.69, 9.17) is 0 Å². The van der Waals surface area contributed by atoms with Gasteiger partial charge in [0.1, 0.15) is 11.6 Å². The van der Waals surface area contributed by atoms with E-state index in [1.165, 1.54) is 22.8 Å². The van der Waals surface area contributed by atoms with Gasteiger partial charge < -0.3 is 0 Å². The van der Waals surface area contributed by atoms with Gasteiger partial charge in [0.2, 0.25) is 0 Å². The van der Waals surface area contributed by atoms with Gasteiger partial charge in [0, 0.05) is 17.7 Å². The van der Waals surface area contributed by atoms with Gasteiger partial charge in [-0.2, -0.15) is 4.98 Å². The number of benzene rings is 1. The maximum absolute atomic E-state index is 13.5. The van der Waals surface area contributed by atoms with Gasteiger partial charge in [0.05, 0.1) is 12.2 Å². The van der Waals surface area contributed by atoms with Crippen LogP contribution in [-0.4, -0.2) is 9.55 Å². The fraction of sp³-hybridized carbons (Fsp3) is 0.286. The zero-order valence-electron chi connectivity index (χ0n) is 10.1. The quantitative estimate of drug-likeness (QED) is 0.851. The van der Waals surface area contributed by atoms with Crippen molar-refractivity contribution in [2.45, 2.75) is 25.3 Å². The van der Waals surface area contributed by atoms with Gasteiger partial charge in [0.25, 0.3) is 0 Å². The van der Waals surface area contributed by atoms with Gasteiger partial charge in [0.15, 0.2) is 0 Å². The first-order chi connectivity index (χ1) is 9.15. The van der Waals surface area contributed by atoms with E-state index >= 15 is 0 Å². The van der Waals surface area contributed by atoms with Crippen molar-refractivity contribution in [3.8, 4) is 0 Å². The Hall–Kier alpha value is -2.04. The van der Waals surface area contributed by atoms with Crippen molar-refractivity contribution in [1.82, 2.24) is 9.55 Å². The van der Waals surface area contributed by atoms with Gasteiger partial charge >= 0.3 is 5.69 Å². The van der Waals surface area contributed by atoms with Crippen LogP contribution in [-0.2, 0) is 6.54 Å². The number of hydrogen-bond acceptors (Lipinski definition) is 2. The lowest BCUT2D eigenvalue weighted by Gasteiger charge is -2.08. The van der Waals surface area contributed by atoms with Crippen molar-refractivity contribution >= 4 is 0 Å². The second-order valence-corrected chi connectivity index (χ2v) is 4.74. The topological polar surface area (TPSA) is 34.9 Å². The van der Waals surface area contributed by atoms with E-state index in [0.717, 1.165) is 18.5 Å². The van der Waals surface area contributed by atoms with E-state index in [1.54, 1.807) is 12.3 Å². The second-order valence-electron chi connectivity index (χ2n) is 4.74. The summed E-state index contributed by atoms with van der Waals surface area (Å²) in [4.78, 5) is 15.8. The minimum atomic E-state index is -0.654. The molecule has 0 aliphatic heterocycles. The molecule has 0 saturated heterocycles. The lowest BCUT2D eigenvalue weighted by atomic mass is 10.2. The molecule has 0 radical (unpaired) electrons. The number of nitrogens with zero attached hydrogens (tertiary/aromatic N) is 2. The average Bonchev–Trinajstić information content (AvgIpc) is 3.20. The molecule has 0 unspecified atom stereocenters. The summed E-state index contributed by atoms with van der Waals surface area (Å²) >= 11 is 0. The molecule has 1 aliphatic carbocycles. The fourth-order valence-electron chi connectivity index (χ4n) is 2.02. The summed E-state index contributed by atoms with van der Waals surface area (Å²) in [5.41, 5.74) is 0.188. The highest BCUT2D eigenvalue weighted by atomic mass is 19.1. The molecule has 0 spiro atoms. The summed E-state index contributed by atoms with van der Waals surface area (Å²) < 4.78 is 28.2. The zero-order chi connectivity index (χ0) is 13.4. The van der Waals surface area contributed by atoms with Gasteiger partial charge in [-0.1, -0.05) is 6.07 Å². The SMILES string of the molecule is O=c1nc(C2CC2)ccn1Cc1c(F)cccc1F. The molecule has 3 rings (SSSR count). The van der Waals surface area contributed by atoms with Crippen molar-refractivity contribution in [3.63, 3.8) is 0 Å². The molecule has 1 aromatic heterocycles. The van der Waals surface area contributed by atoms with E-state index in [0.29, 0.717) is 5.92 Å². The normalized spacial score (nSPS) is 14.6. The smallest absolute Gasteiger partial charge is 0.295 e. The van der Waals surface area contributed by atoms with Gasteiger partial charge in [-0.3, -0.25) is 4.57 Å². The molecule has 0 amide bonds. The van der Waals surface area contributed by atoms with E-state index in [1.807, 2.05) is 0 Å². The highest BCUT2D eigenvalue weighted by molar-refractivity contribution is 5.20. The number of rotatable bonds is 3. The molecular weight excluding hydrogens is 250 g/mol. The standard InChI is InChI=1S/C14H12F2N2O/c15-11-2-1-3-12(16)10(11)8-18-7-6-13(9-4-5-9)17-14(18)19/h1-3,6-7,9H,4-5,8H2. The maximum Gasteiger partial charge on any atom is 0.348 e. The molecule has 1 fully saturated rings. The molecule has 1 aromatic carbocycles. The first-order valence-electron chi connectivity index (χ1n) is 6.15. The van der Waals surface area contributed by atoms with E-state index < -0.39 is 17.3 Å². The Morgan fingerprint density at radius 3 is 2.47 bits per heavy atom. The predicted molar refractivity (Wildman–Crippen MR) is 65.9 cm³/mol. The Labute approximate surface area is 108 Å². The molecule has 5 heteroatoms. The largest absolute Gasteiger partial charge is 0.348 e. The molecule has 2 aromatic rings. The molecular formula is C14H12F2N2O. The summed E-state index contributed by atoms with van der Waals surface area (Å²) in [7, 11) is 0. The number of hydrogen-bond donors (Lipinski definition) is 0. The van der Waals surface area contributed by atoms with Crippen LogP contribution >= 0.6 is 0 Å². The van der Waals surface area contributed by atoms with Gasteiger partial charge in [-0.15, -0.1) is 0 Å². The minimum absolute atomic E-state index is 0.120. The van der Waals surface area contributed by atoms with Crippen LogP contribution < -0.4 is 5.69 Å². The van der Waals surface area contributed by atoms with Crippen molar-refractivity contribution in [2.75, 3.05) is 0 Å². The van der Waals surface area contributed by atoms with Crippen LogP contribution in [0.15, 0.2) is 35.3 Å². The zero-order valence-corrected chi connectivity index (χ0v) is 10.1. The van der Waals surface area contributed by atoms with Gasteiger partial charge in [-0.25, -0.2) is 13.6 Å². The van der Waals surface area contributed by atoms with Crippen molar-refractivity contribution in [1.29, 1.82) is 0 Å². The Morgan fingerprint density at radius 1 is 1.21 bits per heavy atom. The molecule has 1 saturated carbocycles. The van der Waals surface area contributed by atoms with Crippen LogP contribution in [0, 0.1) is 11.6 Å². The summed E-state index contributed by atoms with van der Waals surface area (Å²) in [6.45, 7) is -0.144. The molecule has 1 heterocycles. The molecule has 0 atom stereocenters. The minimum Gasteiger partial charge on any atom is -0.295 e. The summed E-state index contributed by atoms with van der Waals surface area (Å²) in [6, 6.07) is 5.40. The highest BCUT2D eigenvalue weighted by Gasteiger charge is 2.25. The second kappa shape index (κ2) is 4.57. The third kappa shape index (κ3) is 2.41. The predicted octanol–water partition coefficient (Wildman–Crippen LogP) is 2.45. The Balaban J connectivity index is 1.93. The first kappa shape index (κ1) is 12.0. The van der Waals surface area contributed by atoms with Crippen LogP contribution in [0.1, 0.15) is 30.0 Å². The summed E-state index contributed by atoms with van der Waals surface area (Å²) in [6.07, 6.45) is 3.66. The van der Waals surface area contributed by atoms with E-state index in [2.05, 4.69) is 4.98 Å². The number of aromatic nitrogens is 2. The van der Waals surface area contributed by atoms with Crippen LogP contribution in [0.5, 0.6) is 0 Å². The lowest BCUT2D eigenvalue weighted by molar-refractivity contribution is 0.539. The van der Waals surface area contributed by atoms with Crippen molar-refractivity contribution in [3.05, 3.63) is 63.8 Å². The summed E-state index contributed by atoms with van der Waals surface area (Å²) in [5, 5.41) is 0. The molecule has 3 nitrogen and oxygen atoms in total. The average molecular weight is 262 g/mol. The molecule has 19 heavy (non-hydrogen) atoms. The van der Waals surface area contributed by atoms with Crippen LogP contribution in [0.25, 0.3) is 0 Å². The Bertz CT molecular complexity index is 657. The van der Waals surface area contributed by atoms with Crippen LogP contribution in [0.2, 0.25) is 0 Å². The first-order valence-corrected chi connectivity index (χ1v) is 6.15. The monoisotopic (exact) mass is 262 g/mol. The van der Waals surface area contributed by atoms with E-state index in [-0.39, 0.29) is 12.1 Å². The molecule has 1 aliphatic rings. The summed E-state index contributed by atoms with van der Waals surface area (Å²) in [5.74, 6) is -0.927. The van der Waals surface area contributed by atoms with Crippen LogP contribution in [0.4, 0.5) is 8.78 Å². The highest BCUT2D eigenvalue weighted by Crippen LogP contribution is 2.38. The fourth-order valence-corrected chi connectivity index (χ4v) is 2.02. The third-order valence-corrected chi connectivity index (χ3v) is 3.28. The third-order valence-electron chi connectivity index (χ3n) is 3.28. The van der Waals surface area contributed by atoms with E-state index in [9.17, 15) is 13.6 Å². The molecule has 0 bridgehead atoms.